The second-order valence-electron chi connectivity index (χ2n) is 3.89. The van der Waals surface area contributed by atoms with Gasteiger partial charge in [0.2, 0.25) is 0 Å². The number of nitrogen functional groups attached to an aromatic ring is 1. The first-order chi connectivity index (χ1) is 8.79. The molecule has 0 radical (unpaired) electrons. The molecule has 1 unspecified atom stereocenters. The van der Waals surface area contributed by atoms with Crippen LogP contribution in [0, 0.1) is 0 Å². The summed E-state index contributed by atoms with van der Waals surface area (Å²) in [5.41, 5.74) is 4.60. The van der Waals surface area contributed by atoms with Gasteiger partial charge in [-0.15, -0.1) is 0 Å². The fourth-order valence-electron chi connectivity index (χ4n) is 1.63. The molecule has 0 saturated heterocycles. The Morgan fingerprint density at radius 3 is 2.37 bits per heavy atom. The second kappa shape index (κ2) is 4.79. The molecular formula is C12H9ClF3NO2. The van der Waals surface area contributed by atoms with Crippen molar-refractivity contribution in [3.05, 3.63) is 52.4 Å². The van der Waals surface area contributed by atoms with E-state index in [-0.39, 0.29) is 22.2 Å². The Kier molecular flexibility index (Phi) is 3.47. The predicted octanol–water partition coefficient (Wildman–Crippen LogP) is 3.62. The van der Waals surface area contributed by atoms with Gasteiger partial charge in [0, 0.05) is 11.3 Å². The molecule has 1 aromatic heterocycles. The van der Waals surface area contributed by atoms with Crippen molar-refractivity contribution >= 4 is 17.3 Å². The van der Waals surface area contributed by atoms with Gasteiger partial charge in [-0.05, 0) is 35.9 Å². The lowest BCUT2D eigenvalue weighted by atomic mass is 10.0. The van der Waals surface area contributed by atoms with Crippen molar-refractivity contribution in [1.29, 1.82) is 0 Å². The fraction of sp³-hybridized carbons (Fsp3) is 0.167. The highest BCUT2D eigenvalue weighted by Crippen LogP contribution is 2.35. The minimum atomic E-state index is -4.48. The molecule has 0 bridgehead atoms. The first-order valence-corrected chi connectivity index (χ1v) is 5.57. The average molecular weight is 292 g/mol. The molecule has 7 heteroatoms. The molecule has 2 rings (SSSR count). The summed E-state index contributed by atoms with van der Waals surface area (Å²) in [4.78, 5) is 0. The number of hydrogen-bond donors (Lipinski definition) is 2. The van der Waals surface area contributed by atoms with Gasteiger partial charge in [0.25, 0.3) is 0 Å². The average Bonchev–Trinajstić information content (AvgIpc) is 2.73. The molecule has 0 aliphatic heterocycles. The standard InChI is InChI=1S/C12H9ClF3NO2/c13-10-4-3-9(19-10)11(18)7-2-1-6(5-8(7)17)12(14,15)16/h1-5,11,18H,17H2. The van der Waals surface area contributed by atoms with Crippen LogP contribution in [-0.2, 0) is 6.18 Å². The third-order valence-corrected chi connectivity index (χ3v) is 2.78. The molecule has 0 fully saturated rings. The van der Waals surface area contributed by atoms with Gasteiger partial charge in [-0.1, -0.05) is 6.07 Å². The van der Waals surface area contributed by atoms with E-state index in [9.17, 15) is 18.3 Å². The minimum absolute atomic E-state index is 0.0690. The number of anilines is 1. The molecule has 1 aromatic carbocycles. The molecule has 0 amide bonds. The molecule has 102 valence electrons. The van der Waals surface area contributed by atoms with Crippen molar-refractivity contribution in [3.8, 4) is 0 Å². The fourth-order valence-corrected chi connectivity index (χ4v) is 1.78. The third kappa shape index (κ3) is 2.85. The number of furan rings is 1. The molecule has 0 aliphatic rings. The predicted molar refractivity (Wildman–Crippen MR) is 63.6 cm³/mol. The highest BCUT2D eigenvalue weighted by atomic mass is 35.5. The Morgan fingerprint density at radius 2 is 1.89 bits per heavy atom. The Labute approximate surface area is 111 Å². The summed E-state index contributed by atoms with van der Waals surface area (Å²) in [7, 11) is 0. The third-order valence-electron chi connectivity index (χ3n) is 2.57. The van der Waals surface area contributed by atoms with Crippen molar-refractivity contribution in [2.75, 3.05) is 5.73 Å². The van der Waals surface area contributed by atoms with Gasteiger partial charge in [0.05, 0.1) is 5.56 Å². The van der Waals surface area contributed by atoms with Gasteiger partial charge in [-0.3, -0.25) is 0 Å². The van der Waals surface area contributed by atoms with Gasteiger partial charge < -0.3 is 15.3 Å². The lowest BCUT2D eigenvalue weighted by Gasteiger charge is -2.14. The van der Waals surface area contributed by atoms with Crippen LogP contribution in [0.3, 0.4) is 0 Å². The normalized spacial score (nSPS) is 13.5. The van der Waals surface area contributed by atoms with Crippen molar-refractivity contribution in [1.82, 2.24) is 0 Å². The van der Waals surface area contributed by atoms with Crippen molar-refractivity contribution < 1.29 is 22.7 Å². The number of aliphatic hydroxyl groups excluding tert-OH is 1. The zero-order valence-electron chi connectivity index (χ0n) is 9.41. The Hall–Kier alpha value is -1.66. The summed E-state index contributed by atoms with van der Waals surface area (Å²) < 4.78 is 42.4. The van der Waals surface area contributed by atoms with Gasteiger partial charge >= 0.3 is 6.18 Å². The topological polar surface area (TPSA) is 59.4 Å². The van der Waals surface area contributed by atoms with Gasteiger partial charge in [-0.25, -0.2) is 0 Å². The van der Waals surface area contributed by atoms with E-state index in [0.29, 0.717) is 0 Å². The van der Waals surface area contributed by atoms with Crippen molar-refractivity contribution in [2.24, 2.45) is 0 Å². The molecule has 2 aromatic rings. The van der Waals surface area contributed by atoms with Crippen molar-refractivity contribution in [3.63, 3.8) is 0 Å². The van der Waals surface area contributed by atoms with Crippen LogP contribution < -0.4 is 5.73 Å². The molecule has 0 saturated carbocycles. The van der Waals surface area contributed by atoms with E-state index >= 15 is 0 Å². The van der Waals surface area contributed by atoms with Crippen LogP contribution in [0.25, 0.3) is 0 Å². The SMILES string of the molecule is Nc1cc(C(F)(F)F)ccc1C(O)c1ccc(Cl)o1. The van der Waals surface area contributed by atoms with Crippen LogP contribution in [0.2, 0.25) is 5.22 Å². The van der Waals surface area contributed by atoms with Crippen LogP contribution in [0.4, 0.5) is 18.9 Å². The van der Waals surface area contributed by atoms with E-state index in [1.54, 1.807) is 0 Å². The lowest BCUT2D eigenvalue weighted by molar-refractivity contribution is -0.137. The van der Waals surface area contributed by atoms with Crippen molar-refractivity contribution in [2.45, 2.75) is 12.3 Å². The zero-order chi connectivity index (χ0) is 14.2. The van der Waals surface area contributed by atoms with Gasteiger partial charge in [0.15, 0.2) is 5.22 Å². The maximum atomic E-state index is 12.5. The lowest BCUT2D eigenvalue weighted by Crippen LogP contribution is -2.09. The largest absolute Gasteiger partial charge is 0.447 e. The number of benzene rings is 1. The Balaban J connectivity index is 2.36. The second-order valence-corrected chi connectivity index (χ2v) is 4.26. The summed E-state index contributed by atoms with van der Waals surface area (Å²) in [5, 5.41) is 10.0. The van der Waals surface area contributed by atoms with Crippen LogP contribution in [0.15, 0.2) is 34.7 Å². The summed E-state index contributed by atoms with van der Waals surface area (Å²) in [6.07, 6.45) is -5.75. The first-order valence-electron chi connectivity index (χ1n) is 5.19. The Morgan fingerprint density at radius 1 is 1.21 bits per heavy atom. The summed E-state index contributed by atoms with van der Waals surface area (Å²) >= 11 is 5.56. The van der Waals surface area contributed by atoms with E-state index in [4.69, 9.17) is 21.8 Å². The van der Waals surface area contributed by atoms with Crippen LogP contribution in [0.1, 0.15) is 23.0 Å². The highest BCUT2D eigenvalue weighted by molar-refractivity contribution is 6.28. The minimum Gasteiger partial charge on any atom is -0.447 e. The van der Waals surface area contributed by atoms with E-state index in [0.717, 1.165) is 18.2 Å². The zero-order valence-corrected chi connectivity index (χ0v) is 10.2. The molecule has 3 nitrogen and oxygen atoms in total. The summed E-state index contributed by atoms with van der Waals surface area (Å²) in [6, 6.07) is 5.56. The molecule has 1 atom stereocenters. The van der Waals surface area contributed by atoms with E-state index in [2.05, 4.69) is 0 Å². The summed E-state index contributed by atoms with van der Waals surface area (Å²) in [6.45, 7) is 0. The smallest absolute Gasteiger partial charge is 0.416 e. The quantitative estimate of drug-likeness (QED) is 0.831. The number of aliphatic hydroxyl groups is 1. The van der Waals surface area contributed by atoms with Crippen LogP contribution in [0.5, 0.6) is 0 Å². The monoisotopic (exact) mass is 291 g/mol. The highest BCUT2D eigenvalue weighted by Gasteiger charge is 2.31. The molecular weight excluding hydrogens is 283 g/mol. The number of nitrogens with two attached hydrogens (primary N) is 1. The van der Waals surface area contributed by atoms with E-state index in [1.165, 1.54) is 12.1 Å². The number of alkyl halides is 3. The van der Waals surface area contributed by atoms with Gasteiger partial charge in [0.1, 0.15) is 11.9 Å². The Bertz CT molecular complexity index is 595. The summed E-state index contributed by atoms with van der Waals surface area (Å²) in [5.74, 6) is 0.108. The molecule has 0 spiro atoms. The number of hydrogen-bond acceptors (Lipinski definition) is 3. The maximum Gasteiger partial charge on any atom is 0.416 e. The number of rotatable bonds is 2. The van der Waals surface area contributed by atoms with Gasteiger partial charge in [-0.2, -0.15) is 13.2 Å². The van der Waals surface area contributed by atoms with E-state index < -0.39 is 17.8 Å². The van der Waals surface area contributed by atoms with Crippen LogP contribution in [-0.4, -0.2) is 5.11 Å². The van der Waals surface area contributed by atoms with Crippen LogP contribution >= 0.6 is 11.6 Å². The molecule has 1 heterocycles. The maximum absolute atomic E-state index is 12.5. The first kappa shape index (κ1) is 13.8. The number of halogens is 4. The van der Waals surface area contributed by atoms with E-state index in [1.807, 2.05) is 0 Å². The molecule has 0 aliphatic carbocycles. The molecule has 3 N–H and O–H groups in total. The molecule has 19 heavy (non-hydrogen) atoms.